The lowest BCUT2D eigenvalue weighted by Gasteiger charge is -2.40. The van der Waals surface area contributed by atoms with Crippen molar-refractivity contribution in [1.82, 2.24) is 29.8 Å². The molecule has 31 heavy (non-hydrogen) atoms. The van der Waals surface area contributed by atoms with E-state index in [2.05, 4.69) is 27.3 Å². The SMILES string of the molecule is CCNC(=O)N1CCN(c2nc3ccccc3c3nnc(-c4ccccc4)n23)C[C@@H]1C. The number of hydrogen-bond donors (Lipinski definition) is 1. The summed E-state index contributed by atoms with van der Waals surface area (Å²) >= 11 is 0. The van der Waals surface area contributed by atoms with Gasteiger partial charge in [0.15, 0.2) is 11.5 Å². The molecule has 0 saturated carbocycles. The van der Waals surface area contributed by atoms with Crippen molar-refractivity contribution in [2.24, 2.45) is 0 Å². The van der Waals surface area contributed by atoms with Crippen LogP contribution in [0.2, 0.25) is 0 Å². The predicted octanol–water partition coefficient (Wildman–Crippen LogP) is 3.18. The number of fused-ring (bicyclic) bond motifs is 3. The molecule has 0 spiro atoms. The van der Waals surface area contributed by atoms with Gasteiger partial charge in [-0.25, -0.2) is 14.2 Å². The van der Waals surface area contributed by atoms with Gasteiger partial charge in [0.05, 0.1) is 5.52 Å². The number of carbonyl (C=O) groups is 1. The van der Waals surface area contributed by atoms with Gasteiger partial charge in [-0.2, -0.15) is 0 Å². The van der Waals surface area contributed by atoms with Gasteiger partial charge in [-0.05, 0) is 26.0 Å². The molecule has 2 aromatic carbocycles. The summed E-state index contributed by atoms with van der Waals surface area (Å²) in [5.74, 6) is 1.57. The quantitative estimate of drug-likeness (QED) is 0.556. The molecule has 0 bridgehead atoms. The number of aromatic nitrogens is 4. The Balaban J connectivity index is 1.62. The number of para-hydroxylation sites is 1. The molecule has 1 aliphatic heterocycles. The smallest absolute Gasteiger partial charge is 0.317 e. The zero-order valence-corrected chi connectivity index (χ0v) is 17.7. The maximum absolute atomic E-state index is 12.4. The van der Waals surface area contributed by atoms with Gasteiger partial charge in [0.1, 0.15) is 0 Å². The highest BCUT2D eigenvalue weighted by molar-refractivity contribution is 5.93. The average molecular weight is 416 g/mol. The molecule has 1 fully saturated rings. The van der Waals surface area contributed by atoms with E-state index < -0.39 is 0 Å². The highest BCUT2D eigenvalue weighted by Crippen LogP contribution is 2.29. The fourth-order valence-corrected chi connectivity index (χ4v) is 4.25. The van der Waals surface area contributed by atoms with Gasteiger partial charge >= 0.3 is 6.03 Å². The molecule has 8 nitrogen and oxygen atoms in total. The van der Waals surface area contributed by atoms with Gasteiger partial charge in [-0.1, -0.05) is 42.5 Å². The summed E-state index contributed by atoms with van der Waals surface area (Å²) in [6.45, 7) is 6.64. The highest BCUT2D eigenvalue weighted by atomic mass is 16.2. The summed E-state index contributed by atoms with van der Waals surface area (Å²) in [4.78, 5) is 21.5. The molecule has 8 heteroatoms. The summed E-state index contributed by atoms with van der Waals surface area (Å²) < 4.78 is 2.05. The van der Waals surface area contributed by atoms with Gasteiger partial charge < -0.3 is 15.1 Å². The third-order valence-electron chi connectivity index (χ3n) is 5.76. The first-order valence-electron chi connectivity index (χ1n) is 10.7. The zero-order valence-electron chi connectivity index (χ0n) is 17.7. The standard InChI is InChI=1S/C23H25N7O/c1-3-24-23(31)29-14-13-28(15-16(29)2)22-25-19-12-8-7-11-18(19)21-27-26-20(30(21)22)17-9-5-4-6-10-17/h4-12,16H,3,13-15H2,1-2H3,(H,24,31)/t16-/m0/s1. The summed E-state index contributed by atoms with van der Waals surface area (Å²) in [7, 11) is 0. The molecular weight excluding hydrogens is 390 g/mol. The molecule has 2 aromatic heterocycles. The average Bonchev–Trinajstić information content (AvgIpc) is 3.25. The second kappa shape index (κ2) is 7.86. The van der Waals surface area contributed by atoms with Crippen LogP contribution in [0.15, 0.2) is 54.6 Å². The Kier molecular flexibility index (Phi) is 4.89. The lowest BCUT2D eigenvalue weighted by molar-refractivity contribution is 0.171. The second-order valence-electron chi connectivity index (χ2n) is 7.80. The molecule has 2 amide bonds. The molecule has 1 aliphatic rings. The van der Waals surface area contributed by atoms with E-state index in [9.17, 15) is 4.79 Å². The van der Waals surface area contributed by atoms with Crippen LogP contribution in [0.4, 0.5) is 10.7 Å². The molecular formula is C23H25N7O. The van der Waals surface area contributed by atoms with Crippen LogP contribution in [0, 0.1) is 0 Å². The lowest BCUT2D eigenvalue weighted by Crippen LogP contribution is -2.57. The summed E-state index contributed by atoms with van der Waals surface area (Å²) in [6, 6.07) is 18.1. The van der Waals surface area contributed by atoms with Crippen molar-refractivity contribution in [3.8, 4) is 11.4 Å². The molecule has 0 aliphatic carbocycles. The van der Waals surface area contributed by atoms with Crippen LogP contribution < -0.4 is 10.2 Å². The molecule has 5 rings (SSSR count). The minimum atomic E-state index is -0.0134. The molecule has 1 saturated heterocycles. The van der Waals surface area contributed by atoms with Gasteiger partial charge in [0.2, 0.25) is 5.95 Å². The fraction of sp³-hybridized carbons (Fsp3) is 0.304. The van der Waals surface area contributed by atoms with E-state index in [1.165, 1.54) is 0 Å². The number of nitrogens with one attached hydrogen (secondary N) is 1. The van der Waals surface area contributed by atoms with Crippen LogP contribution in [-0.2, 0) is 0 Å². The number of anilines is 1. The summed E-state index contributed by atoms with van der Waals surface area (Å²) in [5, 5.41) is 12.9. The van der Waals surface area contributed by atoms with E-state index in [-0.39, 0.29) is 12.1 Å². The van der Waals surface area contributed by atoms with Crippen LogP contribution in [0.1, 0.15) is 13.8 Å². The number of nitrogens with zero attached hydrogens (tertiary/aromatic N) is 6. The molecule has 0 unspecified atom stereocenters. The Morgan fingerprint density at radius 1 is 1.06 bits per heavy atom. The number of benzene rings is 2. The van der Waals surface area contributed by atoms with Gasteiger partial charge in [-0.15, -0.1) is 10.2 Å². The van der Waals surface area contributed by atoms with E-state index in [0.29, 0.717) is 26.2 Å². The van der Waals surface area contributed by atoms with E-state index in [1.54, 1.807) is 0 Å². The Morgan fingerprint density at radius 2 is 1.84 bits per heavy atom. The van der Waals surface area contributed by atoms with Crippen LogP contribution in [-0.4, -0.2) is 62.7 Å². The van der Waals surface area contributed by atoms with E-state index in [1.807, 2.05) is 70.8 Å². The number of rotatable bonds is 3. The third kappa shape index (κ3) is 3.34. The maximum atomic E-state index is 12.4. The number of urea groups is 1. The maximum Gasteiger partial charge on any atom is 0.317 e. The van der Waals surface area contributed by atoms with E-state index in [0.717, 1.165) is 33.9 Å². The molecule has 1 atom stereocenters. The van der Waals surface area contributed by atoms with Crippen LogP contribution in [0.3, 0.4) is 0 Å². The van der Waals surface area contributed by atoms with Crippen LogP contribution in [0.5, 0.6) is 0 Å². The van der Waals surface area contributed by atoms with Crippen LogP contribution in [0.25, 0.3) is 27.9 Å². The van der Waals surface area contributed by atoms with Crippen molar-refractivity contribution in [3.63, 3.8) is 0 Å². The predicted molar refractivity (Wildman–Crippen MR) is 121 cm³/mol. The van der Waals surface area contributed by atoms with Crippen molar-refractivity contribution in [2.45, 2.75) is 19.9 Å². The van der Waals surface area contributed by atoms with Crippen molar-refractivity contribution in [1.29, 1.82) is 0 Å². The normalized spacial score (nSPS) is 16.8. The number of amides is 2. The van der Waals surface area contributed by atoms with Crippen molar-refractivity contribution in [3.05, 3.63) is 54.6 Å². The Morgan fingerprint density at radius 3 is 2.61 bits per heavy atom. The third-order valence-corrected chi connectivity index (χ3v) is 5.76. The summed E-state index contributed by atoms with van der Waals surface area (Å²) in [6.07, 6.45) is 0. The minimum absolute atomic E-state index is 0.0134. The van der Waals surface area contributed by atoms with Crippen molar-refractivity contribution < 1.29 is 4.79 Å². The first-order valence-corrected chi connectivity index (χ1v) is 10.7. The van der Waals surface area contributed by atoms with Gasteiger partial charge in [-0.3, -0.25) is 0 Å². The fourth-order valence-electron chi connectivity index (χ4n) is 4.25. The van der Waals surface area contributed by atoms with Crippen LogP contribution >= 0.6 is 0 Å². The van der Waals surface area contributed by atoms with E-state index in [4.69, 9.17) is 4.98 Å². The molecule has 4 aromatic rings. The monoisotopic (exact) mass is 415 g/mol. The molecule has 158 valence electrons. The van der Waals surface area contributed by atoms with Crippen molar-refractivity contribution >= 4 is 28.5 Å². The first kappa shape index (κ1) is 19.3. The second-order valence-corrected chi connectivity index (χ2v) is 7.80. The minimum Gasteiger partial charge on any atom is -0.338 e. The molecule has 0 radical (unpaired) electrons. The Hall–Kier alpha value is -3.68. The highest BCUT2D eigenvalue weighted by Gasteiger charge is 2.30. The van der Waals surface area contributed by atoms with E-state index >= 15 is 0 Å². The Labute approximate surface area is 180 Å². The number of piperazine rings is 1. The van der Waals surface area contributed by atoms with Gasteiger partial charge in [0.25, 0.3) is 0 Å². The Bertz CT molecular complexity index is 1240. The molecule has 1 N–H and O–H groups in total. The summed E-state index contributed by atoms with van der Waals surface area (Å²) in [5.41, 5.74) is 2.66. The topological polar surface area (TPSA) is 78.7 Å². The number of carbonyl (C=O) groups excluding carboxylic acids is 1. The molecule has 3 heterocycles. The number of hydrogen-bond acceptors (Lipinski definition) is 5. The first-order chi connectivity index (χ1) is 15.2. The van der Waals surface area contributed by atoms with Gasteiger partial charge in [0, 0.05) is 43.2 Å². The lowest BCUT2D eigenvalue weighted by atomic mass is 10.2. The largest absolute Gasteiger partial charge is 0.338 e. The zero-order chi connectivity index (χ0) is 21.4. The van der Waals surface area contributed by atoms with Crippen molar-refractivity contribution in [2.75, 3.05) is 31.1 Å².